The van der Waals surface area contributed by atoms with E-state index in [1.165, 1.54) is 10.4 Å². The van der Waals surface area contributed by atoms with Gasteiger partial charge in [-0.05, 0) is 62.8 Å². The fourth-order valence-corrected chi connectivity index (χ4v) is 6.24. The summed E-state index contributed by atoms with van der Waals surface area (Å²) >= 11 is 0. The number of piperidine rings is 1. The van der Waals surface area contributed by atoms with E-state index in [0.717, 1.165) is 23.2 Å². The van der Waals surface area contributed by atoms with E-state index < -0.39 is 16.1 Å². The Bertz CT molecular complexity index is 1230. The van der Waals surface area contributed by atoms with Crippen LogP contribution in [-0.4, -0.2) is 43.7 Å². The van der Waals surface area contributed by atoms with Gasteiger partial charge in [0.05, 0.1) is 10.6 Å². The summed E-state index contributed by atoms with van der Waals surface area (Å²) in [6.45, 7) is 7.86. The van der Waals surface area contributed by atoms with Crippen molar-refractivity contribution in [2.75, 3.05) is 23.7 Å². The van der Waals surface area contributed by atoms with Gasteiger partial charge < -0.3 is 15.4 Å². The Labute approximate surface area is 200 Å². The lowest BCUT2D eigenvalue weighted by atomic mass is 9.96. The number of ether oxygens (including phenoxy) is 1. The number of benzene rings is 2. The molecule has 0 aliphatic carbocycles. The standard InChI is InChI=1S/C25H31N3O5S/c1-5-18-8-6-7-15(2)23(18)27-25(30)19-9-11-28(12-10-19)34(31,32)22-14-21-20(13-16(22)3)26-24(29)17(4)33-21/h6-8,13-14,17,19H,5,9-12H2,1-4H3,(H,26,29)(H,27,30). The predicted octanol–water partition coefficient (Wildman–Crippen LogP) is 3.62. The van der Waals surface area contributed by atoms with Gasteiger partial charge in [-0.3, -0.25) is 9.59 Å². The Morgan fingerprint density at radius 2 is 1.88 bits per heavy atom. The summed E-state index contributed by atoms with van der Waals surface area (Å²) in [5.41, 5.74) is 3.96. The number of rotatable bonds is 5. The van der Waals surface area contributed by atoms with Crippen molar-refractivity contribution in [3.8, 4) is 5.75 Å². The average molecular weight is 486 g/mol. The highest BCUT2D eigenvalue weighted by molar-refractivity contribution is 7.89. The maximum atomic E-state index is 13.4. The molecular formula is C25H31N3O5S. The molecule has 0 spiro atoms. The highest BCUT2D eigenvalue weighted by Crippen LogP contribution is 2.36. The van der Waals surface area contributed by atoms with Crippen LogP contribution >= 0.6 is 0 Å². The number of aryl methyl sites for hydroxylation is 3. The van der Waals surface area contributed by atoms with E-state index in [1.807, 2.05) is 25.1 Å². The molecule has 2 aliphatic rings. The molecule has 1 unspecified atom stereocenters. The normalized spacial score (nSPS) is 19.2. The Morgan fingerprint density at radius 3 is 2.56 bits per heavy atom. The lowest BCUT2D eigenvalue weighted by Crippen LogP contribution is -2.41. The maximum Gasteiger partial charge on any atom is 0.265 e. The quantitative estimate of drug-likeness (QED) is 0.673. The zero-order valence-electron chi connectivity index (χ0n) is 20.0. The lowest BCUT2D eigenvalue weighted by molar-refractivity contribution is -0.123. The van der Waals surface area contributed by atoms with Crippen LogP contribution in [0.1, 0.15) is 43.4 Å². The van der Waals surface area contributed by atoms with Gasteiger partial charge in [0, 0.05) is 30.8 Å². The van der Waals surface area contributed by atoms with Gasteiger partial charge >= 0.3 is 0 Å². The highest BCUT2D eigenvalue weighted by Gasteiger charge is 2.34. The topological polar surface area (TPSA) is 105 Å². The number of nitrogens with zero attached hydrogens (tertiary/aromatic N) is 1. The monoisotopic (exact) mass is 485 g/mol. The third-order valence-corrected chi connectivity index (χ3v) is 8.68. The summed E-state index contributed by atoms with van der Waals surface area (Å²) in [6.07, 6.45) is 1.03. The number of carbonyl (C=O) groups is 2. The maximum absolute atomic E-state index is 13.4. The summed E-state index contributed by atoms with van der Waals surface area (Å²) in [5.74, 6) is -0.237. The molecule has 1 saturated heterocycles. The van der Waals surface area contributed by atoms with Crippen LogP contribution in [0.4, 0.5) is 11.4 Å². The molecule has 2 N–H and O–H groups in total. The van der Waals surface area contributed by atoms with E-state index >= 15 is 0 Å². The van der Waals surface area contributed by atoms with Crippen LogP contribution in [-0.2, 0) is 26.0 Å². The second-order valence-electron chi connectivity index (χ2n) is 8.99. The molecule has 34 heavy (non-hydrogen) atoms. The molecule has 1 atom stereocenters. The second-order valence-corrected chi connectivity index (χ2v) is 10.9. The molecule has 0 aromatic heterocycles. The Hall–Kier alpha value is -2.91. The molecule has 2 amide bonds. The van der Waals surface area contributed by atoms with E-state index in [2.05, 4.69) is 17.6 Å². The van der Waals surface area contributed by atoms with Crippen molar-refractivity contribution in [1.82, 2.24) is 4.31 Å². The minimum atomic E-state index is -3.77. The number of nitrogens with one attached hydrogen (secondary N) is 2. The molecule has 2 aromatic rings. The SMILES string of the molecule is CCc1cccc(C)c1NC(=O)C1CCN(S(=O)(=O)c2cc3c(cc2C)NC(=O)C(C)O3)CC1. The molecular weight excluding hydrogens is 454 g/mol. The summed E-state index contributed by atoms with van der Waals surface area (Å²) in [6, 6.07) is 9.07. The predicted molar refractivity (Wildman–Crippen MR) is 131 cm³/mol. The zero-order valence-corrected chi connectivity index (χ0v) is 20.8. The van der Waals surface area contributed by atoms with Gasteiger partial charge in [0.15, 0.2) is 6.10 Å². The third kappa shape index (κ3) is 4.54. The van der Waals surface area contributed by atoms with E-state index in [4.69, 9.17) is 4.74 Å². The molecule has 2 heterocycles. The number of anilines is 2. The smallest absolute Gasteiger partial charge is 0.265 e. The second kappa shape index (κ2) is 9.38. The first-order chi connectivity index (χ1) is 16.1. The average Bonchev–Trinajstić information content (AvgIpc) is 2.81. The number of sulfonamides is 1. The van der Waals surface area contributed by atoms with Crippen LogP contribution in [0.5, 0.6) is 5.75 Å². The van der Waals surface area contributed by atoms with Crippen LogP contribution in [0.25, 0.3) is 0 Å². The van der Waals surface area contributed by atoms with Gasteiger partial charge in [0.1, 0.15) is 5.75 Å². The van der Waals surface area contributed by atoms with Crippen molar-refractivity contribution >= 4 is 33.2 Å². The highest BCUT2D eigenvalue weighted by atomic mass is 32.2. The Kier molecular flexibility index (Phi) is 6.69. The zero-order chi connectivity index (χ0) is 24.6. The third-order valence-electron chi connectivity index (χ3n) is 6.64. The first kappa shape index (κ1) is 24.2. The summed E-state index contributed by atoms with van der Waals surface area (Å²) in [5, 5.41) is 5.82. The number of hydrogen-bond donors (Lipinski definition) is 2. The number of amides is 2. The van der Waals surface area contributed by atoms with Gasteiger partial charge in [-0.25, -0.2) is 8.42 Å². The molecule has 0 saturated carbocycles. The molecule has 2 aliphatic heterocycles. The number of para-hydroxylation sites is 1. The van der Waals surface area contributed by atoms with Gasteiger partial charge in [-0.2, -0.15) is 4.31 Å². The fourth-order valence-electron chi connectivity index (χ4n) is 4.55. The van der Waals surface area contributed by atoms with Crippen molar-refractivity contribution in [2.45, 2.75) is 58.0 Å². The van der Waals surface area contributed by atoms with E-state index in [-0.39, 0.29) is 35.7 Å². The summed E-state index contributed by atoms with van der Waals surface area (Å²) in [4.78, 5) is 25.0. The summed E-state index contributed by atoms with van der Waals surface area (Å²) < 4.78 is 33.9. The largest absolute Gasteiger partial charge is 0.479 e. The number of carbonyl (C=O) groups excluding carboxylic acids is 2. The van der Waals surface area contributed by atoms with E-state index in [1.54, 1.807) is 19.9 Å². The number of fused-ring (bicyclic) bond motifs is 1. The van der Waals surface area contributed by atoms with Crippen LogP contribution in [0.3, 0.4) is 0 Å². The van der Waals surface area contributed by atoms with Crippen LogP contribution < -0.4 is 15.4 Å². The van der Waals surface area contributed by atoms with Crippen molar-refractivity contribution in [2.24, 2.45) is 5.92 Å². The Morgan fingerprint density at radius 1 is 1.18 bits per heavy atom. The molecule has 182 valence electrons. The molecule has 0 radical (unpaired) electrons. The van der Waals surface area contributed by atoms with Crippen molar-refractivity contribution < 1.29 is 22.7 Å². The molecule has 8 nitrogen and oxygen atoms in total. The van der Waals surface area contributed by atoms with E-state index in [9.17, 15) is 18.0 Å². The Balaban J connectivity index is 1.47. The van der Waals surface area contributed by atoms with Gasteiger partial charge in [-0.1, -0.05) is 25.1 Å². The first-order valence-corrected chi connectivity index (χ1v) is 13.1. The van der Waals surface area contributed by atoms with Gasteiger partial charge in [0.2, 0.25) is 15.9 Å². The fraction of sp³-hybridized carbons (Fsp3) is 0.440. The van der Waals surface area contributed by atoms with Crippen LogP contribution in [0, 0.1) is 19.8 Å². The summed E-state index contributed by atoms with van der Waals surface area (Å²) in [7, 11) is -3.77. The van der Waals surface area contributed by atoms with Crippen LogP contribution in [0.2, 0.25) is 0 Å². The van der Waals surface area contributed by atoms with E-state index in [0.29, 0.717) is 29.8 Å². The minimum Gasteiger partial charge on any atom is -0.479 e. The van der Waals surface area contributed by atoms with Crippen molar-refractivity contribution in [3.63, 3.8) is 0 Å². The first-order valence-electron chi connectivity index (χ1n) is 11.6. The van der Waals surface area contributed by atoms with Gasteiger partial charge in [-0.15, -0.1) is 0 Å². The van der Waals surface area contributed by atoms with Crippen molar-refractivity contribution in [1.29, 1.82) is 0 Å². The molecule has 2 aromatic carbocycles. The van der Waals surface area contributed by atoms with Gasteiger partial charge in [0.25, 0.3) is 5.91 Å². The van der Waals surface area contributed by atoms with Crippen LogP contribution in [0.15, 0.2) is 35.2 Å². The minimum absolute atomic E-state index is 0.0656. The molecule has 0 bridgehead atoms. The molecule has 4 rings (SSSR count). The molecule has 9 heteroatoms. The number of hydrogen-bond acceptors (Lipinski definition) is 5. The molecule has 1 fully saturated rings. The van der Waals surface area contributed by atoms with Crippen molar-refractivity contribution in [3.05, 3.63) is 47.0 Å². The lowest BCUT2D eigenvalue weighted by Gasteiger charge is -2.32.